The second-order valence-electron chi connectivity index (χ2n) is 5.01. The fraction of sp³-hybridized carbons (Fsp3) is 0.733. The van der Waals surface area contributed by atoms with E-state index in [0.717, 1.165) is 25.4 Å². The average molecular weight is 220 g/mol. The first-order chi connectivity index (χ1) is 7.75. The zero-order chi connectivity index (χ0) is 11.9. The molecular formula is C15H26N. The van der Waals surface area contributed by atoms with Crippen molar-refractivity contribution in [2.45, 2.75) is 46.5 Å². The summed E-state index contributed by atoms with van der Waals surface area (Å²) in [5.74, 6) is 0.735. The van der Waals surface area contributed by atoms with Gasteiger partial charge in [0, 0.05) is 12.0 Å². The van der Waals surface area contributed by atoms with Crippen molar-refractivity contribution >= 4 is 0 Å². The molecule has 0 saturated carbocycles. The number of nitrogens with one attached hydrogen (secondary N) is 1. The molecular weight excluding hydrogens is 194 g/mol. The molecule has 1 N–H and O–H groups in total. The Bertz CT molecular complexity index is 242. The average Bonchev–Trinajstić information content (AvgIpc) is 2.31. The standard InChI is InChI=1S/C15H26N/c1-4-9-14(3)15(13-16-12-5-2)10-7-6-8-11-15/h6-7,10,14,16H,4-5,9,11-13H2,1-3H3. The summed E-state index contributed by atoms with van der Waals surface area (Å²) in [4.78, 5) is 0. The van der Waals surface area contributed by atoms with Gasteiger partial charge in [0.25, 0.3) is 0 Å². The van der Waals surface area contributed by atoms with Crippen LogP contribution >= 0.6 is 0 Å². The van der Waals surface area contributed by atoms with Crippen molar-refractivity contribution in [3.05, 3.63) is 24.3 Å². The van der Waals surface area contributed by atoms with Gasteiger partial charge in [-0.2, -0.15) is 0 Å². The summed E-state index contributed by atoms with van der Waals surface area (Å²) in [5, 5.41) is 3.58. The van der Waals surface area contributed by atoms with Gasteiger partial charge in [-0.1, -0.05) is 51.8 Å². The Hall–Kier alpha value is -0.560. The van der Waals surface area contributed by atoms with E-state index < -0.39 is 0 Å². The van der Waals surface area contributed by atoms with Crippen molar-refractivity contribution in [3.63, 3.8) is 0 Å². The molecule has 1 radical (unpaired) electrons. The van der Waals surface area contributed by atoms with Crippen LogP contribution < -0.4 is 5.32 Å². The van der Waals surface area contributed by atoms with E-state index in [1.807, 2.05) is 0 Å². The minimum atomic E-state index is 0.305. The number of allylic oxidation sites excluding steroid dienone is 3. The molecule has 0 heterocycles. The third-order valence-electron chi connectivity index (χ3n) is 3.66. The topological polar surface area (TPSA) is 12.0 Å². The van der Waals surface area contributed by atoms with E-state index in [4.69, 9.17) is 0 Å². The van der Waals surface area contributed by atoms with Crippen molar-refractivity contribution in [1.82, 2.24) is 5.32 Å². The lowest BCUT2D eigenvalue weighted by Crippen LogP contribution is -2.38. The third kappa shape index (κ3) is 3.48. The molecule has 2 atom stereocenters. The molecule has 1 rings (SSSR count). The molecule has 0 aromatic carbocycles. The third-order valence-corrected chi connectivity index (χ3v) is 3.66. The molecule has 0 aromatic heterocycles. The van der Waals surface area contributed by atoms with Gasteiger partial charge in [-0.25, -0.2) is 0 Å². The molecule has 0 aliphatic heterocycles. The molecule has 0 aromatic rings. The highest BCUT2D eigenvalue weighted by Crippen LogP contribution is 2.37. The summed E-state index contributed by atoms with van der Waals surface area (Å²) >= 11 is 0. The van der Waals surface area contributed by atoms with Gasteiger partial charge in [0.15, 0.2) is 0 Å². The summed E-state index contributed by atoms with van der Waals surface area (Å²) in [6.07, 6.45) is 14.9. The van der Waals surface area contributed by atoms with E-state index in [9.17, 15) is 0 Å². The first-order valence-electron chi connectivity index (χ1n) is 6.70. The van der Waals surface area contributed by atoms with Crippen molar-refractivity contribution in [3.8, 4) is 0 Å². The molecule has 1 aliphatic rings. The van der Waals surface area contributed by atoms with Crippen LogP contribution in [0.5, 0.6) is 0 Å². The summed E-state index contributed by atoms with van der Waals surface area (Å²) in [6, 6.07) is 0. The SMILES string of the molecule is CCCNCC1(C(C)CCC)C=CC=[C]C1. The highest BCUT2D eigenvalue weighted by Gasteiger charge is 2.32. The summed E-state index contributed by atoms with van der Waals surface area (Å²) in [5.41, 5.74) is 0.305. The maximum Gasteiger partial charge on any atom is 0.00756 e. The molecule has 2 unspecified atom stereocenters. The van der Waals surface area contributed by atoms with Gasteiger partial charge in [-0.3, -0.25) is 0 Å². The maximum absolute atomic E-state index is 3.58. The largest absolute Gasteiger partial charge is 0.316 e. The Morgan fingerprint density at radius 2 is 2.19 bits per heavy atom. The Labute approximate surface area is 101 Å². The van der Waals surface area contributed by atoms with Gasteiger partial charge >= 0.3 is 0 Å². The zero-order valence-electron chi connectivity index (χ0n) is 11.1. The molecule has 0 fully saturated rings. The number of rotatable bonds is 7. The lowest BCUT2D eigenvalue weighted by molar-refractivity contribution is 0.219. The van der Waals surface area contributed by atoms with E-state index in [-0.39, 0.29) is 0 Å². The predicted molar refractivity (Wildman–Crippen MR) is 71.2 cm³/mol. The molecule has 16 heavy (non-hydrogen) atoms. The molecule has 1 heteroatoms. The van der Waals surface area contributed by atoms with Crippen LogP contribution in [0.15, 0.2) is 18.2 Å². The Morgan fingerprint density at radius 3 is 2.75 bits per heavy atom. The predicted octanol–water partition coefficient (Wildman–Crippen LogP) is 3.73. The number of hydrogen-bond donors (Lipinski definition) is 1. The van der Waals surface area contributed by atoms with Gasteiger partial charge in [-0.15, -0.1) is 0 Å². The molecule has 0 spiro atoms. The molecule has 0 amide bonds. The van der Waals surface area contributed by atoms with Crippen molar-refractivity contribution in [2.24, 2.45) is 11.3 Å². The van der Waals surface area contributed by atoms with Gasteiger partial charge in [0.05, 0.1) is 0 Å². The normalized spacial score (nSPS) is 25.9. The Balaban J connectivity index is 2.61. The molecule has 0 bridgehead atoms. The van der Waals surface area contributed by atoms with E-state index in [0.29, 0.717) is 5.41 Å². The van der Waals surface area contributed by atoms with Gasteiger partial charge in [0.1, 0.15) is 0 Å². The highest BCUT2D eigenvalue weighted by molar-refractivity contribution is 5.15. The second-order valence-corrected chi connectivity index (χ2v) is 5.01. The monoisotopic (exact) mass is 220 g/mol. The lowest BCUT2D eigenvalue weighted by atomic mass is 9.70. The Morgan fingerprint density at radius 1 is 1.38 bits per heavy atom. The number of hydrogen-bond acceptors (Lipinski definition) is 1. The fourth-order valence-electron chi connectivity index (χ4n) is 2.47. The summed E-state index contributed by atoms with van der Waals surface area (Å²) < 4.78 is 0. The van der Waals surface area contributed by atoms with E-state index in [1.165, 1.54) is 19.3 Å². The van der Waals surface area contributed by atoms with E-state index in [2.05, 4.69) is 50.4 Å². The van der Waals surface area contributed by atoms with Crippen LogP contribution in [-0.2, 0) is 0 Å². The summed E-state index contributed by atoms with van der Waals surface area (Å²) in [7, 11) is 0. The zero-order valence-corrected chi connectivity index (χ0v) is 11.1. The van der Waals surface area contributed by atoms with Crippen LogP contribution in [0.1, 0.15) is 46.5 Å². The van der Waals surface area contributed by atoms with Gasteiger partial charge in [0.2, 0.25) is 0 Å². The minimum Gasteiger partial charge on any atom is -0.316 e. The second kappa shape index (κ2) is 6.90. The molecule has 91 valence electrons. The maximum atomic E-state index is 3.58. The molecule has 1 nitrogen and oxygen atoms in total. The van der Waals surface area contributed by atoms with Crippen LogP contribution in [0.2, 0.25) is 0 Å². The first kappa shape index (κ1) is 13.5. The van der Waals surface area contributed by atoms with Crippen LogP contribution in [0.3, 0.4) is 0 Å². The fourth-order valence-corrected chi connectivity index (χ4v) is 2.47. The van der Waals surface area contributed by atoms with Crippen molar-refractivity contribution < 1.29 is 0 Å². The Kier molecular flexibility index (Phi) is 5.83. The minimum absolute atomic E-state index is 0.305. The highest BCUT2D eigenvalue weighted by atomic mass is 14.9. The van der Waals surface area contributed by atoms with E-state index in [1.54, 1.807) is 0 Å². The van der Waals surface area contributed by atoms with Crippen LogP contribution in [0, 0.1) is 17.4 Å². The van der Waals surface area contributed by atoms with Gasteiger partial charge in [-0.05, 0) is 31.4 Å². The summed E-state index contributed by atoms with van der Waals surface area (Å²) in [6.45, 7) is 9.10. The van der Waals surface area contributed by atoms with Crippen LogP contribution in [0.4, 0.5) is 0 Å². The molecule has 1 aliphatic carbocycles. The van der Waals surface area contributed by atoms with Crippen molar-refractivity contribution in [2.75, 3.05) is 13.1 Å². The van der Waals surface area contributed by atoms with Crippen LogP contribution in [0.25, 0.3) is 0 Å². The quantitative estimate of drug-likeness (QED) is 0.645. The van der Waals surface area contributed by atoms with E-state index >= 15 is 0 Å². The van der Waals surface area contributed by atoms with Gasteiger partial charge < -0.3 is 5.32 Å². The molecule has 0 saturated heterocycles. The first-order valence-corrected chi connectivity index (χ1v) is 6.70. The lowest BCUT2D eigenvalue weighted by Gasteiger charge is -2.37. The smallest absolute Gasteiger partial charge is 0.00756 e. The van der Waals surface area contributed by atoms with Crippen molar-refractivity contribution in [1.29, 1.82) is 0 Å². The van der Waals surface area contributed by atoms with Crippen LogP contribution in [-0.4, -0.2) is 13.1 Å².